The van der Waals surface area contributed by atoms with Gasteiger partial charge in [-0.1, -0.05) is 49.4 Å². The van der Waals surface area contributed by atoms with Gasteiger partial charge in [0.1, 0.15) is 0 Å². The molecule has 0 aliphatic carbocycles. The van der Waals surface area contributed by atoms with Crippen LogP contribution in [0.15, 0.2) is 42.5 Å². The Labute approximate surface area is 120 Å². The molecule has 3 heteroatoms. The highest BCUT2D eigenvalue weighted by molar-refractivity contribution is 5.86. The monoisotopic (exact) mass is 270 g/mol. The molecular weight excluding hydrogens is 248 g/mol. The highest BCUT2D eigenvalue weighted by Gasteiger charge is 2.17. The number of rotatable bonds is 5. The van der Waals surface area contributed by atoms with Crippen LogP contribution < -0.4 is 5.32 Å². The van der Waals surface area contributed by atoms with Crippen molar-refractivity contribution in [3.05, 3.63) is 48.0 Å². The molecule has 0 aliphatic heterocycles. The fourth-order valence-electron chi connectivity index (χ4n) is 2.53. The van der Waals surface area contributed by atoms with Crippen LogP contribution in [0.5, 0.6) is 0 Å². The lowest BCUT2D eigenvalue weighted by Gasteiger charge is -2.22. The SMILES string of the molecule is CNCC(C)C(=O)N(C)Cc1cccc2ccccc12. The number of benzene rings is 2. The highest BCUT2D eigenvalue weighted by Crippen LogP contribution is 2.20. The van der Waals surface area contributed by atoms with E-state index in [1.165, 1.54) is 16.3 Å². The fraction of sp³-hybridized carbons (Fsp3) is 0.353. The molecule has 2 aromatic carbocycles. The molecule has 1 N–H and O–H groups in total. The second kappa shape index (κ2) is 6.53. The Balaban J connectivity index is 2.18. The largest absolute Gasteiger partial charge is 0.341 e. The van der Waals surface area contributed by atoms with E-state index in [1.807, 2.05) is 44.1 Å². The molecule has 2 aromatic rings. The van der Waals surface area contributed by atoms with Crippen molar-refractivity contribution in [2.24, 2.45) is 5.92 Å². The quantitative estimate of drug-likeness (QED) is 0.906. The standard InChI is InChI=1S/C17H22N2O/c1-13(11-18-2)17(20)19(3)12-15-9-6-8-14-7-4-5-10-16(14)15/h4-10,13,18H,11-12H2,1-3H3. The summed E-state index contributed by atoms with van der Waals surface area (Å²) in [5, 5.41) is 5.48. The van der Waals surface area contributed by atoms with Crippen LogP contribution >= 0.6 is 0 Å². The maximum atomic E-state index is 12.3. The summed E-state index contributed by atoms with van der Waals surface area (Å²) in [6, 6.07) is 14.5. The van der Waals surface area contributed by atoms with Crippen LogP contribution in [0.25, 0.3) is 10.8 Å². The molecule has 0 radical (unpaired) electrons. The summed E-state index contributed by atoms with van der Waals surface area (Å²) in [6.45, 7) is 3.31. The molecule has 2 rings (SSSR count). The number of carbonyl (C=O) groups is 1. The van der Waals surface area contributed by atoms with Crippen molar-refractivity contribution < 1.29 is 4.79 Å². The van der Waals surface area contributed by atoms with Gasteiger partial charge in [-0.2, -0.15) is 0 Å². The molecule has 20 heavy (non-hydrogen) atoms. The molecule has 106 valence electrons. The van der Waals surface area contributed by atoms with Crippen LogP contribution in [-0.2, 0) is 11.3 Å². The molecule has 0 aliphatic rings. The van der Waals surface area contributed by atoms with Crippen molar-refractivity contribution in [2.75, 3.05) is 20.6 Å². The summed E-state index contributed by atoms with van der Waals surface area (Å²) in [4.78, 5) is 14.1. The summed E-state index contributed by atoms with van der Waals surface area (Å²) < 4.78 is 0. The van der Waals surface area contributed by atoms with E-state index in [2.05, 4.69) is 29.6 Å². The van der Waals surface area contributed by atoms with Gasteiger partial charge in [0.25, 0.3) is 0 Å². The van der Waals surface area contributed by atoms with Gasteiger partial charge in [0.05, 0.1) is 0 Å². The minimum Gasteiger partial charge on any atom is -0.341 e. The van der Waals surface area contributed by atoms with Crippen LogP contribution in [0.3, 0.4) is 0 Å². The average molecular weight is 270 g/mol. The Kier molecular flexibility index (Phi) is 4.74. The van der Waals surface area contributed by atoms with E-state index in [1.54, 1.807) is 0 Å². The molecule has 1 atom stereocenters. The molecule has 0 aromatic heterocycles. The zero-order valence-electron chi connectivity index (χ0n) is 12.4. The van der Waals surface area contributed by atoms with Crippen LogP contribution in [0.2, 0.25) is 0 Å². The highest BCUT2D eigenvalue weighted by atomic mass is 16.2. The normalized spacial score (nSPS) is 12.3. The average Bonchev–Trinajstić information content (AvgIpc) is 2.47. The van der Waals surface area contributed by atoms with Crippen molar-refractivity contribution in [1.82, 2.24) is 10.2 Å². The van der Waals surface area contributed by atoms with Gasteiger partial charge in [-0.3, -0.25) is 4.79 Å². The number of carbonyl (C=O) groups excluding carboxylic acids is 1. The maximum absolute atomic E-state index is 12.3. The Bertz CT molecular complexity index is 589. The number of hydrogen-bond acceptors (Lipinski definition) is 2. The first-order valence-corrected chi connectivity index (χ1v) is 6.99. The Morgan fingerprint density at radius 1 is 1.20 bits per heavy atom. The molecule has 0 spiro atoms. The molecule has 0 fully saturated rings. The second-order valence-corrected chi connectivity index (χ2v) is 5.29. The van der Waals surface area contributed by atoms with Gasteiger partial charge >= 0.3 is 0 Å². The first-order valence-electron chi connectivity index (χ1n) is 6.99. The summed E-state index contributed by atoms with van der Waals surface area (Å²) in [5.41, 5.74) is 1.19. The van der Waals surface area contributed by atoms with Gasteiger partial charge in [-0.15, -0.1) is 0 Å². The zero-order chi connectivity index (χ0) is 14.5. The third-order valence-electron chi connectivity index (χ3n) is 3.60. The number of fused-ring (bicyclic) bond motifs is 1. The third kappa shape index (κ3) is 3.17. The van der Waals surface area contributed by atoms with Gasteiger partial charge in [-0.25, -0.2) is 0 Å². The second-order valence-electron chi connectivity index (χ2n) is 5.29. The van der Waals surface area contributed by atoms with E-state index in [0.29, 0.717) is 13.1 Å². The van der Waals surface area contributed by atoms with Crippen LogP contribution in [0.1, 0.15) is 12.5 Å². The van der Waals surface area contributed by atoms with Crippen LogP contribution in [0, 0.1) is 5.92 Å². The predicted molar refractivity (Wildman–Crippen MR) is 83.5 cm³/mol. The summed E-state index contributed by atoms with van der Waals surface area (Å²) in [5.74, 6) is 0.173. The fourth-order valence-corrected chi connectivity index (χ4v) is 2.53. The first kappa shape index (κ1) is 14.5. The molecule has 3 nitrogen and oxygen atoms in total. The lowest BCUT2D eigenvalue weighted by Crippen LogP contribution is -2.35. The van der Waals surface area contributed by atoms with Crippen molar-refractivity contribution in [2.45, 2.75) is 13.5 Å². The van der Waals surface area contributed by atoms with Gasteiger partial charge < -0.3 is 10.2 Å². The van der Waals surface area contributed by atoms with E-state index in [4.69, 9.17) is 0 Å². The van der Waals surface area contributed by atoms with Crippen molar-refractivity contribution in [3.63, 3.8) is 0 Å². The number of nitrogens with zero attached hydrogens (tertiary/aromatic N) is 1. The molecule has 0 bridgehead atoms. The minimum absolute atomic E-state index is 0.0000218. The van der Waals surface area contributed by atoms with E-state index < -0.39 is 0 Å². The zero-order valence-corrected chi connectivity index (χ0v) is 12.4. The Morgan fingerprint density at radius 3 is 2.65 bits per heavy atom. The lowest BCUT2D eigenvalue weighted by molar-refractivity contribution is -0.134. The molecule has 0 saturated heterocycles. The van der Waals surface area contributed by atoms with E-state index in [0.717, 1.165) is 0 Å². The smallest absolute Gasteiger partial charge is 0.226 e. The van der Waals surface area contributed by atoms with Crippen molar-refractivity contribution >= 4 is 16.7 Å². The van der Waals surface area contributed by atoms with Gasteiger partial charge in [0.15, 0.2) is 0 Å². The van der Waals surface area contributed by atoms with E-state index in [9.17, 15) is 4.79 Å². The first-order chi connectivity index (χ1) is 9.63. The number of amides is 1. The van der Waals surface area contributed by atoms with Gasteiger partial charge in [0.2, 0.25) is 5.91 Å². The molecule has 0 heterocycles. The van der Waals surface area contributed by atoms with Gasteiger partial charge in [0, 0.05) is 26.1 Å². The third-order valence-corrected chi connectivity index (χ3v) is 3.60. The van der Waals surface area contributed by atoms with Crippen LogP contribution in [-0.4, -0.2) is 31.4 Å². The van der Waals surface area contributed by atoms with Crippen molar-refractivity contribution in [3.8, 4) is 0 Å². The lowest BCUT2D eigenvalue weighted by atomic mass is 10.0. The Morgan fingerprint density at radius 2 is 1.90 bits per heavy atom. The summed E-state index contributed by atoms with van der Waals surface area (Å²) >= 11 is 0. The molecule has 0 saturated carbocycles. The molecule has 1 unspecified atom stereocenters. The number of nitrogens with one attached hydrogen (secondary N) is 1. The summed E-state index contributed by atoms with van der Waals surface area (Å²) in [7, 11) is 3.74. The minimum atomic E-state index is -0.0000218. The maximum Gasteiger partial charge on any atom is 0.226 e. The Hall–Kier alpha value is -1.87. The predicted octanol–water partition coefficient (Wildman–Crippen LogP) is 2.65. The van der Waals surface area contributed by atoms with E-state index in [-0.39, 0.29) is 11.8 Å². The van der Waals surface area contributed by atoms with Gasteiger partial charge in [-0.05, 0) is 23.4 Å². The summed E-state index contributed by atoms with van der Waals surface area (Å²) in [6.07, 6.45) is 0. The number of hydrogen-bond donors (Lipinski definition) is 1. The molecule has 1 amide bonds. The molecular formula is C17H22N2O. The van der Waals surface area contributed by atoms with E-state index >= 15 is 0 Å². The van der Waals surface area contributed by atoms with Crippen molar-refractivity contribution in [1.29, 1.82) is 0 Å². The topological polar surface area (TPSA) is 32.3 Å². The van der Waals surface area contributed by atoms with Crippen LogP contribution in [0.4, 0.5) is 0 Å².